The molecule has 2 aromatic carbocycles. The van der Waals surface area contributed by atoms with Crippen LogP contribution in [0.15, 0.2) is 42.5 Å². The highest BCUT2D eigenvalue weighted by molar-refractivity contribution is 5.95. The Bertz CT molecular complexity index is 988. The summed E-state index contributed by atoms with van der Waals surface area (Å²) in [7, 11) is 0. The summed E-state index contributed by atoms with van der Waals surface area (Å²) < 4.78 is 0. The Kier molecular flexibility index (Phi) is 5.21. The Balaban J connectivity index is 1.89. The smallest absolute Gasteiger partial charge is 0.159 e. The summed E-state index contributed by atoms with van der Waals surface area (Å²) >= 11 is 0. The van der Waals surface area contributed by atoms with E-state index in [2.05, 4.69) is 53.5 Å². The van der Waals surface area contributed by atoms with E-state index < -0.39 is 0 Å². The molecule has 0 aliphatic heterocycles. The summed E-state index contributed by atoms with van der Waals surface area (Å²) in [6, 6.07) is 13.5. The van der Waals surface area contributed by atoms with Crippen molar-refractivity contribution < 1.29 is 4.79 Å². The SMILES string of the molecule is CC(=O)c1cccc(Nc2cc(Nc3c(C)cc(C)cc3C)nc(C)n2)c1. The number of benzene rings is 2. The van der Waals surface area contributed by atoms with E-state index in [0.717, 1.165) is 17.2 Å². The summed E-state index contributed by atoms with van der Waals surface area (Å²) in [5, 5.41) is 6.68. The molecule has 0 atom stereocenters. The van der Waals surface area contributed by atoms with E-state index >= 15 is 0 Å². The van der Waals surface area contributed by atoms with Crippen LogP contribution in [0.25, 0.3) is 0 Å². The highest BCUT2D eigenvalue weighted by Gasteiger charge is 2.08. The number of aromatic nitrogens is 2. The van der Waals surface area contributed by atoms with Gasteiger partial charge in [-0.25, -0.2) is 9.97 Å². The summed E-state index contributed by atoms with van der Waals surface area (Å²) in [5.74, 6) is 2.09. The van der Waals surface area contributed by atoms with Gasteiger partial charge in [-0.1, -0.05) is 29.8 Å². The fourth-order valence-electron chi connectivity index (χ4n) is 3.16. The maximum Gasteiger partial charge on any atom is 0.159 e. The Morgan fingerprint density at radius 2 is 1.48 bits per heavy atom. The molecule has 0 bridgehead atoms. The molecule has 5 nitrogen and oxygen atoms in total. The average Bonchev–Trinajstić information content (AvgIpc) is 2.58. The number of anilines is 4. The van der Waals surface area contributed by atoms with E-state index in [1.807, 2.05) is 31.2 Å². The van der Waals surface area contributed by atoms with Crippen molar-refractivity contribution in [2.45, 2.75) is 34.6 Å². The van der Waals surface area contributed by atoms with E-state index in [9.17, 15) is 4.79 Å². The number of rotatable bonds is 5. The Labute approximate surface area is 159 Å². The zero-order valence-electron chi connectivity index (χ0n) is 16.3. The first-order valence-corrected chi connectivity index (χ1v) is 8.90. The Hall–Kier alpha value is -3.21. The first-order chi connectivity index (χ1) is 12.8. The number of aryl methyl sites for hydroxylation is 4. The molecular weight excluding hydrogens is 336 g/mol. The van der Waals surface area contributed by atoms with Crippen LogP contribution >= 0.6 is 0 Å². The molecule has 0 amide bonds. The molecule has 3 rings (SSSR count). The van der Waals surface area contributed by atoms with E-state index in [1.54, 1.807) is 13.0 Å². The minimum Gasteiger partial charge on any atom is -0.340 e. The summed E-state index contributed by atoms with van der Waals surface area (Å²) in [6.07, 6.45) is 0. The van der Waals surface area contributed by atoms with Crippen LogP contribution in [-0.4, -0.2) is 15.8 Å². The second-order valence-corrected chi connectivity index (χ2v) is 6.85. The molecule has 0 saturated heterocycles. The van der Waals surface area contributed by atoms with Crippen LogP contribution in [0.3, 0.4) is 0 Å². The maximum absolute atomic E-state index is 11.6. The maximum atomic E-state index is 11.6. The van der Waals surface area contributed by atoms with Crippen LogP contribution in [0, 0.1) is 27.7 Å². The quantitative estimate of drug-likeness (QED) is 0.596. The largest absolute Gasteiger partial charge is 0.340 e. The van der Waals surface area contributed by atoms with Gasteiger partial charge in [0.05, 0.1) is 0 Å². The van der Waals surface area contributed by atoms with Crippen LogP contribution in [0.1, 0.15) is 39.8 Å². The summed E-state index contributed by atoms with van der Waals surface area (Å²) in [6.45, 7) is 9.68. The third-order valence-electron chi connectivity index (χ3n) is 4.31. The average molecular weight is 360 g/mol. The number of nitrogens with one attached hydrogen (secondary N) is 2. The number of carbonyl (C=O) groups excluding carboxylic acids is 1. The number of nitrogens with zero attached hydrogens (tertiary/aromatic N) is 2. The molecule has 2 N–H and O–H groups in total. The normalized spacial score (nSPS) is 10.6. The van der Waals surface area contributed by atoms with E-state index in [0.29, 0.717) is 17.2 Å². The van der Waals surface area contributed by atoms with Gasteiger partial charge < -0.3 is 10.6 Å². The third kappa shape index (κ3) is 4.50. The highest BCUT2D eigenvalue weighted by Crippen LogP contribution is 2.26. The van der Waals surface area contributed by atoms with E-state index in [-0.39, 0.29) is 5.78 Å². The lowest BCUT2D eigenvalue weighted by molar-refractivity contribution is 0.101. The van der Waals surface area contributed by atoms with Crippen molar-refractivity contribution in [1.82, 2.24) is 9.97 Å². The fourth-order valence-corrected chi connectivity index (χ4v) is 3.16. The molecule has 0 radical (unpaired) electrons. The molecule has 3 aromatic rings. The minimum absolute atomic E-state index is 0.0326. The van der Waals surface area contributed by atoms with E-state index in [4.69, 9.17) is 0 Å². The lowest BCUT2D eigenvalue weighted by atomic mass is 10.1. The number of ketones is 1. The van der Waals surface area contributed by atoms with Gasteiger partial charge in [-0.05, 0) is 57.9 Å². The van der Waals surface area contributed by atoms with Gasteiger partial charge >= 0.3 is 0 Å². The van der Waals surface area contributed by atoms with Gasteiger partial charge in [0.25, 0.3) is 0 Å². The predicted octanol–water partition coefficient (Wildman–Crippen LogP) is 5.40. The number of hydrogen-bond acceptors (Lipinski definition) is 5. The lowest BCUT2D eigenvalue weighted by Gasteiger charge is -2.15. The van der Waals surface area contributed by atoms with Crippen LogP contribution in [0.2, 0.25) is 0 Å². The van der Waals surface area contributed by atoms with Crippen LogP contribution in [0.5, 0.6) is 0 Å². The molecule has 1 heterocycles. The van der Waals surface area contributed by atoms with Crippen molar-refractivity contribution >= 4 is 28.8 Å². The van der Waals surface area contributed by atoms with Gasteiger partial charge in [-0.15, -0.1) is 0 Å². The number of carbonyl (C=O) groups is 1. The molecular formula is C22H24N4O. The van der Waals surface area contributed by atoms with Gasteiger partial charge in [-0.3, -0.25) is 4.79 Å². The number of Topliss-reactive ketones (excluding diaryl/α,β-unsaturated/α-hetero) is 1. The second-order valence-electron chi connectivity index (χ2n) is 6.85. The van der Waals surface area contributed by atoms with Gasteiger partial charge in [0.15, 0.2) is 5.78 Å². The molecule has 5 heteroatoms. The lowest BCUT2D eigenvalue weighted by Crippen LogP contribution is -2.04. The van der Waals surface area contributed by atoms with Crippen molar-refractivity contribution in [3.8, 4) is 0 Å². The van der Waals surface area contributed by atoms with Gasteiger partial charge in [-0.2, -0.15) is 0 Å². The fraction of sp³-hybridized carbons (Fsp3) is 0.227. The van der Waals surface area contributed by atoms with Crippen molar-refractivity contribution in [2.75, 3.05) is 10.6 Å². The Morgan fingerprint density at radius 1 is 0.852 bits per heavy atom. The Morgan fingerprint density at radius 3 is 2.11 bits per heavy atom. The molecule has 0 aliphatic carbocycles. The molecule has 1 aromatic heterocycles. The van der Waals surface area contributed by atoms with Crippen molar-refractivity contribution in [3.05, 3.63) is 70.5 Å². The molecule has 27 heavy (non-hydrogen) atoms. The topological polar surface area (TPSA) is 66.9 Å². The van der Waals surface area contributed by atoms with Gasteiger partial charge in [0.1, 0.15) is 17.5 Å². The molecule has 0 spiro atoms. The van der Waals surface area contributed by atoms with Crippen LogP contribution < -0.4 is 10.6 Å². The van der Waals surface area contributed by atoms with Crippen molar-refractivity contribution in [3.63, 3.8) is 0 Å². The molecule has 138 valence electrons. The minimum atomic E-state index is 0.0326. The standard InChI is InChI=1S/C22H24N4O/c1-13-9-14(2)22(15(3)10-13)26-21-12-20(23-17(5)24-21)25-19-8-6-7-18(11-19)16(4)27/h6-12H,1-5H3,(H2,23,24,25,26). The van der Waals surface area contributed by atoms with E-state index in [1.165, 1.54) is 16.7 Å². The van der Waals surface area contributed by atoms with Gasteiger partial charge in [0, 0.05) is 23.0 Å². The number of hydrogen-bond donors (Lipinski definition) is 2. The van der Waals surface area contributed by atoms with Gasteiger partial charge in [0.2, 0.25) is 0 Å². The zero-order chi connectivity index (χ0) is 19.6. The monoisotopic (exact) mass is 360 g/mol. The summed E-state index contributed by atoms with van der Waals surface area (Å²) in [5.41, 5.74) is 6.12. The van der Waals surface area contributed by atoms with Crippen LogP contribution in [-0.2, 0) is 0 Å². The molecule has 0 unspecified atom stereocenters. The van der Waals surface area contributed by atoms with Crippen LogP contribution in [0.4, 0.5) is 23.0 Å². The summed E-state index contributed by atoms with van der Waals surface area (Å²) in [4.78, 5) is 20.5. The first kappa shape index (κ1) is 18.6. The highest BCUT2D eigenvalue weighted by atomic mass is 16.1. The zero-order valence-corrected chi connectivity index (χ0v) is 16.3. The first-order valence-electron chi connectivity index (χ1n) is 8.90. The van der Waals surface area contributed by atoms with Crippen molar-refractivity contribution in [1.29, 1.82) is 0 Å². The van der Waals surface area contributed by atoms with Crippen molar-refractivity contribution in [2.24, 2.45) is 0 Å². The molecule has 0 fully saturated rings. The molecule has 0 aliphatic rings. The third-order valence-corrected chi connectivity index (χ3v) is 4.31. The second kappa shape index (κ2) is 7.58. The molecule has 0 saturated carbocycles. The predicted molar refractivity (Wildman–Crippen MR) is 110 cm³/mol.